The van der Waals surface area contributed by atoms with Gasteiger partial charge in [0.05, 0.1) is 18.0 Å². The lowest BCUT2D eigenvalue weighted by Crippen LogP contribution is -2.35. The second-order valence-corrected chi connectivity index (χ2v) is 5.98. The maximum absolute atomic E-state index is 13.0. The van der Waals surface area contributed by atoms with Crippen LogP contribution in [0.15, 0.2) is 6.07 Å². The van der Waals surface area contributed by atoms with Gasteiger partial charge < -0.3 is 9.64 Å². The van der Waals surface area contributed by atoms with Gasteiger partial charge in [-0.3, -0.25) is 14.2 Å². The Morgan fingerprint density at radius 1 is 1.29 bits per heavy atom. The molecule has 7 nitrogen and oxygen atoms in total. The van der Waals surface area contributed by atoms with Gasteiger partial charge in [-0.25, -0.2) is 0 Å². The molecular weight excluding hydrogens is 306 g/mol. The molecule has 0 bridgehead atoms. The molecule has 1 amide bonds. The molecule has 0 atom stereocenters. The third-order valence-corrected chi connectivity index (χ3v) is 4.25. The fourth-order valence-electron chi connectivity index (χ4n) is 2.89. The molecule has 0 fully saturated rings. The lowest BCUT2D eigenvalue weighted by atomic mass is 10.1. The molecule has 2 heterocycles. The number of hydrogen-bond donors (Lipinski definition) is 0. The summed E-state index contributed by atoms with van der Waals surface area (Å²) >= 11 is 0. The van der Waals surface area contributed by atoms with Crippen molar-refractivity contribution in [2.24, 2.45) is 7.05 Å². The number of hydrogen-bond acceptors (Lipinski definition) is 4. The predicted molar refractivity (Wildman–Crippen MR) is 91.9 cm³/mol. The fraction of sp³-hybridized carbons (Fsp3) is 0.588. The monoisotopic (exact) mass is 333 g/mol. The predicted octanol–water partition coefficient (Wildman–Crippen LogP) is 1.85. The molecule has 132 valence electrons. The molecule has 7 heteroatoms. The average Bonchev–Trinajstić information content (AvgIpc) is 3.02. The van der Waals surface area contributed by atoms with E-state index in [1.165, 1.54) is 0 Å². The van der Waals surface area contributed by atoms with Gasteiger partial charge in [-0.2, -0.15) is 10.2 Å². The fourth-order valence-corrected chi connectivity index (χ4v) is 2.89. The Morgan fingerprint density at radius 2 is 2.00 bits per heavy atom. The molecule has 24 heavy (non-hydrogen) atoms. The van der Waals surface area contributed by atoms with Crippen LogP contribution in [0.25, 0.3) is 0 Å². The minimum absolute atomic E-state index is 0.0433. The number of carbonyl (C=O) groups is 1. The normalized spacial score (nSPS) is 11.1. The Balaban J connectivity index is 2.30. The second-order valence-electron chi connectivity index (χ2n) is 5.98. The summed E-state index contributed by atoms with van der Waals surface area (Å²) in [5, 5.41) is 8.82. The molecule has 0 aromatic carbocycles. The van der Waals surface area contributed by atoms with Crippen molar-refractivity contribution < 1.29 is 9.53 Å². The third-order valence-electron chi connectivity index (χ3n) is 4.25. The molecular formula is C17H27N5O2. The van der Waals surface area contributed by atoms with Crippen LogP contribution in [0.3, 0.4) is 0 Å². The molecule has 0 unspecified atom stereocenters. The molecule has 2 aromatic heterocycles. The van der Waals surface area contributed by atoms with Crippen molar-refractivity contribution in [3.8, 4) is 0 Å². The van der Waals surface area contributed by atoms with Crippen LogP contribution in [0.1, 0.15) is 40.1 Å². The first-order valence-electron chi connectivity index (χ1n) is 8.20. The van der Waals surface area contributed by atoms with Crippen molar-refractivity contribution in [1.29, 1.82) is 0 Å². The van der Waals surface area contributed by atoms with Crippen LogP contribution in [0, 0.1) is 20.8 Å². The maximum atomic E-state index is 13.0. The first-order chi connectivity index (χ1) is 11.4. The molecule has 0 aliphatic carbocycles. The van der Waals surface area contributed by atoms with Gasteiger partial charge in [0.15, 0.2) is 0 Å². The molecule has 0 radical (unpaired) electrons. The molecule has 2 aromatic rings. The SMILES string of the molecule is CCn1nc(C)c(CN(CCOC)C(=O)c2cc(C)nn2C)c1C. The Kier molecular flexibility index (Phi) is 5.77. The average molecular weight is 333 g/mol. The largest absolute Gasteiger partial charge is 0.383 e. The van der Waals surface area contributed by atoms with Crippen LogP contribution < -0.4 is 0 Å². The van der Waals surface area contributed by atoms with Crippen molar-refractivity contribution in [2.45, 2.75) is 40.8 Å². The number of aryl methyl sites for hydroxylation is 4. The number of amides is 1. The summed E-state index contributed by atoms with van der Waals surface area (Å²) in [5.74, 6) is -0.0433. The zero-order valence-corrected chi connectivity index (χ0v) is 15.5. The van der Waals surface area contributed by atoms with Gasteiger partial charge in [0, 0.05) is 45.0 Å². The minimum Gasteiger partial charge on any atom is -0.383 e. The number of ether oxygens (including phenoxy) is 1. The van der Waals surface area contributed by atoms with Crippen molar-refractivity contribution in [3.05, 3.63) is 34.4 Å². The number of rotatable bonds is 7. The van der Waals surface area contributed by atoms with Gasteiger partial charge >= 0.3 is 0 Å². The minimum atomic E-state index is -0.0433. The van der Waals surface area contributed by atoms with Gasteiger partial charge in [-0.05, 0) is 33.8 Å². The lowest BCUT2D eigenvalue weighted by molar-refractivity contribution is 0.0669. The van der Waals surface area contributed by atoms with Gasteiger partial charge in [0.25, 0.3) is 5.91 Å². The van der Waals surface area contributed by atoms with Crippen LogP contribution in [-0.2, 0) is 24.9 Å². The highest BCUT2D eigenvalue weighted by Crippen LogP contribution is 2.17. The van der Waals surface area contributed by atoms with E-state index in [2.05, 4.69) is 17.1 Å². The van der Waals surface area contributed by atoms with Gasteiger partial charge in [0.2, 0.25) is 0 Å². The summed E-state index contributed by atoms with van der Waals surface area (Å²) in [6, 6.07) is 1.82. The standard InChI is InChI=1S/C17H27N5O2/c1-7-22-14(4)15(13(3)19-22)11-21(8-9-24-6)17(23)16-10-12(2)18-20(16)5/h10H,7-9,11H2,1-6H3. The van der Waals surface area contributed by atoms with E-state index in [-0.39, 0.29) is 5.91 Å². The summed E-state index contributed by atoms with van der Waals surface area (Å²) < 4.78 is 8.78. The number of aromatic nitrogens is 4. The first-order valence-corrected chi connectivity index (χ1v) is 8.20. The van der Waals surface area contributed by atoms with Crippen LogP contribution in [0.2, 0.25) is 0 Å². The van der Waals surface area contributed by atoms with E-state index < -0.39 is 0 Å². The van der Waals surface area contributed by atoms with Crippen molar-refractivity contribution in [2.75, 3.05) is 20.3 Å². The van der Waals surface area contributed by atoms with Gasteiger partial charge in [-0.15, -0.1) is 0 Å². The molecule has 2 rings (SSSR count). The topological polar surface area (TPSA) is 65.2 Å². The van der Waals surface area contributed by atoms with Crippen LogP contribution in [-0.4, -0.2) is 50.6 Å². The Bertz CT molecular complexity index is 717. The summed E-state index contributed by atoms with van der Waals surface area (Å²) in [7, 11) is 3.43. The Hall–Kier alpha value is -2.15. The van der Waals surface area contributed by atoms with Crippen molar-refractivity contribution in [1.82, 2.24) is 24.5 Å². The van der Waals surface area contributed by atoms with Crippen molar-refractivity contribution in [3.63, 3.8) is 0 Å². The quantitative estimate of drug-likeness (QED) is 0.776. The van der Waals surface area contributed by atoms with E-state index in [0.717, 1.165) is 29.2 Å². The van der Waals surface area contributed by atoms with E-state index in [0.29, 0.717) is 25.4 Å². The number of nitrogens with zero attached hydrogens (tertiary/aromatic N) is 5. The number of carbonyl (C=O) groups excluding carboxylic acids is 1. The van der Waals surface area contributed by atoms with Crippen LogP contribution >= 0.6 is 0 Å². The summed E-state index contributed by atoms with van der Waals surface area (Å²) in [5.41, 5.74) is 4.58. The second kappa shape index (κ2) is 7.61. The van der Waals surface area contributed by atoms with E-state index in [1.807, 2.05) is 31.5 Å². The number of methoxy groups -OCH3 is 1. The Labute approximate surface area is 143 Å². The van der Waals surface area contributed by atoms with E-state index >= 15 is 0 Å². The molecule has 0 N–H and O–H groups in total. The van der Waals surface area contributed by atoms with E-state index in [9.17, 15) is 4.79 Å². The van der Waals surface area contributed by atoms with Crippen molar-refractivity contribution >= 4 is 5.91 Å². The summed E-state index contributed by atoms with van der Waals surface area (Å²) in [6.45, 7) is 10.3. The van der Waals surface area contributed by atoms with E-state index in [1.54, 1.807) is 23.7 Å². The molecule has 0 saturated heterocycles. The third kappa shape index (κ3) is 3.67. The first kappa shape index (κ1) is 18.2. The van der Waals surface area contributed by atoms with Crippen LogP contribution in [0.4, 0.5) is 0 Å². The zero-order chi connectivity index (χ0) is 17.9. The molecule has 0 saturated carbocycles. The smallest absolute Gasteiger partial charge is 0.272 e. The maximum Gasteiger partial charge on any atom is 0.272 e. The highest BCUT2D eigenvalue weighted by molar-refractivity contribution is 5.92. The van der Waals surface area contributed by atoms with Gasteiger partial charge in [-0.1, -0.05) is 0 Å². The zero-order valence-electron chi connectivity index (χ0n) is 15.5. The highest BCUT2D eigenvalue weighted by atomic mass is 16.5. The van der Waals surface area contributed by atoms with Gasteiger partial charge in [0.1, 0.15) is 5.69 Å². The molecule has 0 aliphatic heterocycles. The molecule has 0 spiro atoms. The highest BCUT2D eigenvalue weighted by Gasteiger charge is 2.22. The summed E-state index contributed by atoms with van der Waals surface area (Å²) in [6.07, 6.45) is 0. The lowest BCUT2D eigenvalue weighted by Gasteiger charge is -2.22. The van der Waals surface area contributed by atoms with E-state index in [4.69, 9.17) is 4.74 Å². The van der Waals surface area contributed by atoms with Crippen LogP contribution in [0.5, 0.6) is 0 Å². The molecule has 0 aliphatic rings. The summed E-state index contributed by atoms with van der Waals surface area (Å²) in [4.78, 5) is 14.8. The Morgan fingerprint density at radius 3 is 2.50 bits per heavy atom.